The Morgan fingerprint density at radius 1 is 1.16 bits per heavy atom. The van der Waals surface area contributed by atoms with Gasteiger partial charge in [0.2, 0.25) is 0 Å². The van der Waals surface area contributed by atoms with E-state index in [1.165, 1.54) is 5.56 Å². The molecule has 0 atom stereocenters. The molecule has 0 bridgehead atoms. The highest BCUT2D eigenvalue weighted by molar-refractivity contribution is 5.44. The van der Waals surface area contributed by atoms with Crippen LogP contribution in [0.4, 0.5) is 5.82 Å². The first-order valence-electron chi connectivity index (χ1n) is 6.87. The lowest BCUT2D eigenvalue weighted by molar-refractivity contribution is 0.560. The zero-order chi connectivity index (χ0) is 14.0. The number of hydrogen-bond acceptors (Lipinski definition) is 2. The quantitative estimate of drug-likeness (QED) is 0.911. The van der Waals surface area contributed by atoms with E-state index in [9.17, 15) is 0 Å². The van der Waals surface area contributed by atoms with Gasteiger partial charge in [-0.1, -0.05) is 46.2 Å². The molecule has 0 aliphatic carbocycles. The molecule has 1 heterocycles. The number of hydrogen-bond donors (Lipinski definition) is 1. The molecule has 0 aliphatic rings. The number of rotatable bonds is 3. The van der Waals surface area contributed by atoms with E-state index in [1.807, 2.05) is 10.7 Å². The molecule has 102 valence electrons. The van der Waals surface area contributed by atoms with Crippen LogP contribution in [0.25, 0.3) is 5.69 Å². The number of nitrogens with two attached hydrogens (primary N) is 1. The number of benzene rings is 1. The minimum Gasteiger partial charge on any atom is -0.384 e. The molecule has 0 saturated carbocycles. The van der Waals surface area contributed by atoms with Crippen molar-refractivity contribution in [3.63, 3.8) is 0 Å². The summed E-state index contributed by atoms with van der Waals surface area (Å²) in [5, 5.41) is 4.62. The highest BCUT2D eigenvalue weighted by atomic mass is 15.3. The van der Waals surface area contributed by atoms with Crippen LogP contribution in [-0.4, -0.2) is 9.78 Å². The molecule has 2 N–H and O–H groups in total. The van der Waals surface area contributed by atoms with E-state index in [2.05, 4.69) is 57.1 Å². The Kier molecular flexibility index (Phi) is 3.65. The molecule has 0 saturated heterocycles. The zero-order valence-electron chi connectivity index (χ0n) is 12.3. The van der Waals surface area contributed by atoms with Gasteiger partial charge in [0, 0.05) is 11.5 Å². The first-order valence-corrected chi connectivity index (χ1v) is 6.87. The maximum absolute atomic E-state index is 6.07. The molecule has 0 unspecified atom stereocenters. The van der Waals surface area contributed by atoms with E-state index in [-0.39, 0.29) is 5.41 Å². The number of nitrogens with zero attached hydrogens (tertiary/aromatic N) is 2. The third-order valence-electron chi connectivity index (χ3n) is 3.22. The van der Waals surface area contributed by atoms with E-state index in [4.69, 9.17) is 5.73 Å². The molecule has 3 nitrogen and oxygen atoms in total. The van der Waals surface area contributed by atoms with Gasteiger partial charge in [0.1, 0.15) is 5.82 Å². The van der Waals surface area contributed by atoms with Gasteiger partial charge in [0.15, 0.2) is 0 Å². The normalized spacial score (nSPS) is 11.8. The Morgan fingerprint density at radius 3 is 2.26 bits per heavy atom. The lowest BCUT2D eigenvalue weighted by atomic mass is 9.92. The Morgan fingerprint density at radius 2 is 1.79 bits per heavy atom. The molecule has 1 aromatic heterocycles. The van der Waals surface area contributed by atoms with Crippen molar-refractivity contribution in [2.75, 3.05) is 5.73 Å². The van der Waals surface area contributed by atoms with Crippen molar-refractivity contribution < 1.29 is 0 Å². The second-order valence-corrected chi connectivity index (χ2v) is 6.03. The fourth-order valence-electron chi connectivity index (χ4n) is 2.06. The summed E-state index contributed by atoms with van der Waals surface area (Å²) < 4.78 is 1.82. The molecule has 0 fully saturated rings. The van der Waals surface area contributed by atoms with Gasteiger partial charge >= 0.3 is 0 Å². The summed E-state index contributed by atoms with van der Waals surface area (Å²) in [4.78, 5) is 0. The van der Waals surface area contributed by atoms with Gasteiger partial charge in [-0.2, -0.15) is 5.10 Å². The van der Waals surface area contributed by atoms with Gasteiger partial charge in [-0.05, 0) is 24.1 Å². The van der Waals surface area contributed by atoms with Crippen LogP contribution in [0.3, 0.4) is 0 Å². The average molecular weight is 257 g/mol. The topological polar surface area (TPSA) is 43.8 Å². The predicted molar refractivity (Wildman–Crippen MR) is 80.7 cm³/mol. The smallest absolute Gasteiger partial charge is 0.127 e. The molecule has 19 heavy (non-hydrogen) atoms. The van der Waals surface area contributed by atoms with Crippen LogP contribution >= 0.6 is 0 Å². The monoisotopic (exact) mass is 257 g/mol. The predicted octanol–water partition coefficient (Wildman–Crippen LogP) is 3.70. The average Bonchev–Trinajstić information content (AvgIpc) is 2.73. The van der Waals surface area contributed by atoms with E-state index in [0.29, 0.717) is 5.82 Å². The van der Waals surface area contributed by atoms with Crippen LogP contribution in [0.15, 0.2) is 30.3 Å². The molecule has 2 rings (SSSR count). The van der Waals surface area contributed by atoms with Crippen LogP contribution in [0.1, 0.15) is 45.4 Å². The summed E-state index contributed by atoms with van der Waals surface area (Å²) in [7, 11) is 0. The van der Waals surface area contributed by atoms with Crippen molar-refractivity contribution in [3.8, 4) is 5.69 Å². The van der Waals surface area contributed by atoms with Gasteiger partial charge in [-0.3, -0.25) is 0 Å². The Bertz CT molecular complexity index is 544. The summed E-state index contributed by atoms with van der Waals surface area (Å²) in [6.07, 6.45) is 2.28. The maximum atomic E-state index is 6.07. The SMILES string of the molecule is CCCc1ccc(-n2nc(C(C)(C)C)cc2N)cc1. The van der Waals surface area contributed by atoms with Crippen LogP contribution in [0, 0.1) is 0 Å². The van der Waals surface area contributed by atoms with Crippen LogP contribution in [0.2, 0.25) is 0 Å². The van der Waals surface area contributed by atoms with Gasteiger partial charge in [-0.25, -0.2) is 4.68 Å². The molecule has 2 aromatic rings. The standard InChI is InChI=1S/C16H23N3/c1-5-6-12-7-9-13(10-8-12)19-15(17)11-14(18-19)16(2,3)4/h7-11H,5-6,17H2,1-4H3. The molecule has 3 heteroatoms. The third-order valence-corrected chi connectivity index (χ3v) is 3.22. The second-order valence-electron chi connectivity index (χ2n) is 6.03. The molecule has 0 radical (unpaired) electrons. The fraction of sp³-hybridized carbons (Fsp3) is 0.438. The molecule has 0 spiro atoms. The van der Waals surface area contributed by atoms with E-state index in [1.54, 1.807) is 0 Å². The molecule has 0 amide bonds. The molecule has 0 aliphatic heterocycles. The van der Waals surface area contributed by atoms with Crippen molar-refractivity contribution in [2.24, 2.45) is 0 Å². The van der Waals surface area contributed by atoms with Gasteiger partial charge < -0.3 is 5.73 Å². The van der Waals surface area contributed by atoms with E-state index in [0.717, 1.165) is 24.2 Å². The van der Waals surface area contributed by atoms with Crippen molar-refractivity contribution in [1.29, 1.82) is 0 Å². The summed E-state index contributed by atoms with van der Waals surface area (Å²) in [6.45, 7) is 8.62. The molecule has 1 aromatic carbocycles. The Hall–Kier alpha value is -1.77. The molecular formula is C16H23N3. The highest BCUT2D eigenvalue weighted by Gasteiger charge is 2.19. The Balaban J connectivity index is 2.34. The van der Waals surface area contributed by atoms with Gasteiger partial charge in [0.25, 0.3) is 0 Å². The summed E-state index contributed by atoms with van der Waals surface area (Å²) in [5.74, 6) is 0.688. The third kappa shape index (κ3) is 2.98. The number of aromatic nitrogens is 2. The number of nitrogen functional groups attached to an aromatic ring is 1. The summed E-state index contributed by atoms with van der Waals surface area (Å²) >= 11 is 0. The first-order chi connectivity index (χ1) is 8.91. The largest absolute Gasteiger partial charge is 0.384 e. The van der Waals surface area contributed by atoms with Crippen molar-refractivity contribution in [2.45, 2.75) is 46.0 Å². The van der Waals surface area contributed by atoms with Crippen molar-refractivity contribution in [3.05, 3.63) is 41.6 Å². The summed E-state index contributed by atoms with van der Waals surface area (Å²) in [6, 6.07) is 10.4. The lowest BCUT2D eigenvalue weighted by Gasteiger charge is -2.14. The van der Waals surface area contributed by atoms with E-state index >= 15 is 0 Å². The number of aryl methyl sites for hydroxylation is 1. The van der Waals surface area contributed by atoms with Crippen molar-refractivity contribution >= 4 is 5.82 Å². The second kappa shape index (κ2) is 5.08. The van der Waals surface area contributed by atoms with Gasteiger partial charge in [0.05, 0.1) is 11.4 Å². The van der Waals surface area contributed by atoms with Crippen LogP contribution < -0.4 is 5.73 Å². The first kappa shape index (κ1) is 13.7. The van der Waals surface area contributed by atoms with Gasteiger partial charge in [-0.15, -0.1) is 0 Å². The van der Waals surface area contributed by atoms with Crippen LogP contribution in [0.5, 0.6) is 0 Å². The van der Waals surface area contributed by atoms with E-state index < -0.39 is 0 Å². The zero-order valence-corrected chi connectivity index (χ0v) is 12.3. The summed E-state index contributed by atoms with van der Waals surface area (Å²) in [5.41, 5.74) is 9.47. The number of anilines is 1. The maximum Gasteiger partial charge on any atom is 0.127 e. The lowest BCUT2D eigenvalue weighted by Crippen LogP contribution is -2.12. The minimum absolute atomic E-state index is 0.0154. The Labute approximate surface area is 115 Å². The van der Waals surface area contributed by atoms with Crippen LogP contribution in [-0.2, 0) is 11.8 Å². The van der Waals surface area contributed by atoms with Crippen molar-refractivity contribution in [1.82, 2.24) is 9.78 Å². The fourth-order valence-corrected chi connectivity index (χ4v) is 2.06. The highest BCUT2D eigenvalue weighted by Crippen LogP contribution is 2.24. The minimum atomic E-state index is 0.0154. The molecular weight excluding hydrogens is 234 g/mol.